The predicted molar refractivity (Wildman–Crippen MR) is 77.8 cm³/mol. The Balaban J connectivity index is 1.92. The SMILES string of the molecule is C=C1SC2=C(CC(N)=NC2=O)N1[C@@H]1O[C@H](CC)[C@@H](O)[C@H]1O. The summed E-state index contributed by atoms with van der Waals surface area (Å²) in [7, 11) is 0. The van der Waals surface area contributed by atoms with Gasteiger partial charge in [-0.15, -0.1) is 0 Å². The summed E-state index contributed by atoms with van der Waals surface area (Å²) in [5.41, 5.74) is 6.31. The number of aliphatic imine (C=N–C) groups is 1. The van der Waals surface area contributed by atoms with Gasteiger partial charge in [0.2, 0.25) is 0 Å². The van der Waals surface area contributed by atoms with Crippen LogP contribution in [0.2, 0.25) is 0 Å². The number of nitrogens with two attached hydrogens (primary N) is 1. The molecule has 1 saturated heterocycles. The maximum Gasteiger partial charge on any atom is 0.287 e. The molecule has 0 radical (unpaired) electrons. The Bertz CT molecular complexity index is 574. The first kappa shape index (κ1) is 14.6. The molecule has 114 valence electrons. The molecule has 1 fully saturated rings. The van der Waals surface area contributed by atoms with Crippen molar-refractivity contribution >= 4 is 23.5 Å². The van der Waals surface area contributed by atoms with Crippen molar-refractivity contribution in [1.82, 2.24) is 4.90 Å². The van der Waals surface area contributed by atoms with E-state index >= 15 is 0 Å². The van der Waals surface area contributed by atoms with Gasteiger partial charge in [0.1, 0.15) is 22.9 Å². The van der Waals surface area contributed by atoms with Gasteiger partial charge in [-0.1, -0.05) is 25.3 Å². The molecule has 1 amide bonds. The van der Waals surface area contributed by atoms with Crippen molar-refractivity contribution in [3.05, 3.63) is 22.2 Å². The minimum absolute atomic E-state index is 0.221. The van der Waals surface area contributed by atoms with Crippen molar-refractivity contribution in [3.63, 3.8) is 0 Å². The van der Waals surface area contributed by atoms with Crippen LogP contribution in [0.5, 0.6) is 0 Å². The van der Waals surface area contributed by atoms with Gasteiger partial charge in [-0.2, -0.15) is 4.99 Å². The fourth-order valence-electron chi connectivity index (χ4n) is 2.79. The number of carbonyl (C=O) groups is 1. The van der Waals surface area contributed by atoms with Gasteiger partial charge in [-0.25, -0.2) is 0 Å². The van der Waals surface area contributed by atoms with Crippen molar-refractivity contribution in [2.45, 2.75) is 44.3 Å². The van der Waals surface area contributed by atoms with E-state index < -0.39 is 30.4 Å². The molecule has 3 aliphatic rings. The van der Waals surface area contributed by atoms with Gasteiger partial charge >= 0.3 is 0 Å². The quantitative estimate of drug-likeness (QED) is 0.651. The lowest BCUT2D eigenvalue weighted by atomic mass is 10.1. The molecule has 4 atom stereocenters. The molecule has 0 aromatic carbocycles. The van der Waals surface area contributed by atoms with Gasteiger partial charge < -0.3 is 25.6 Å². The zero-order chi connectivity index (χ0) is 15.3. The van der Waals surface area contributed by atoms with Crippen molar-refractivity contribution in [1.29, 1.82) is 0 Å². The Morgan fingerprint density at radius 1 is 1.52 bits per heavy atom. The number of rotatable bonds is 2. The van der Waals surface area contributed by atoms with E-state index in [0.717, 1.165) is 0 Å². The summed E-state index contributed by atoms with van der Waals surface area (Å²) in [4.78, 5) is 17.7. The third-order valence-electron chi connectivity index (χ3n) is 3.82. The van der Waals surface area contributed by atoms with Gasteiger partial charge in [0.15, 0.2) is 6.23 Å². The second-order valence-corrected chi connectivity index (χ2v) is 6.26. The lowest BCUT2D eigenvalue weighted by Gasteiger charge is -2.31. The van der Waals surface area contributed by atoms with Crippen molar-refractivity contribution < 1.29 is 19.7 Å². The highest BCUT2D eigenvalue weighted by Crippen LogP contribution is 2.47. The molecule has 4 N–H and O–H groups in total. The minimum atomic E-state index is -1.07. The lowest BCUT2D eigenvalue weighted by molar-refractivity contribution is -0.114. The number of ether oxygens (including phenoxy) is 1. The van der Waals surface area contributed by atoms with E-state index in [2.05, 4.69) is 11.6 Å². The molecule has 21 heavy (non-hydrogen) atoms. The van der Waals surface area contributed by atoms with E-state index in [4.69, 9.17) is 10.5 Å². The van der Waals surface area contributed by atoms with Crippen LogP contribution in [-0.2, 0) is 9.53 Å². The van der Waals surface area contributed by atoms with E-state index in [1.807, 2.05) is 6.92 Å². The first-order valence-electron chi connectivity index (χ1n) is 6.72. The molecule has 8 heteroatoms. The first-order chi connectivity index (χ1) is 9.93. The van der Waals surface area contributed by atoms with Gasteiger partial charge in [0.05, 0.1) is 11.1 Å². The largest absolute Gasteiger partial charge is 0.388 e. The topological polar surface area (TPSA) is 108 Å². The van der Waals surface area contributed by atoms with Crippen LogP contribution in [0.25, 0.3) is 0 Å². The van der Waals surface area contributed by atoms with E-state index in [-0.39, 0.29) is 5.84 Å². The Hall–Kier alpha value is -1.35. The third kappa shape index (κ3) is 2.18. The third-order valence-corrected chi connectivity index (χ3v) is 4.87. The van der Waals surface area contributed by atoms with Crippen LogP contribution in [0, 0.1) is 0 Å². The molecular formula is C13H17N3O4S. The van der Waals surface area contributed by atoms with Crippen LogP contribution in [0.1, 0.15) is 19.8 Å². The van der Waals surface area contributed by atoms with Gasteiger partial charge in [0.25, 0.3) is 5.91 Å². The molecule has 0 aromatic heterocycles. The summed E-state index contributed by atoms with van der Waals surface area (Å²) in [5.74, 6) is -0.179. The van der Waals surface area contributed by atoms with Crippen LogP contribution < -0.4 is 5.73 Å². The fraction of sp³-hybridized carbons (Fsp3) is 0.538. The average Bonchev–Trinajstić information content (AvgIpc) is 2.89. The van der Waals surface area contributed by atoms with E-state index in [0.29, 0.717) is 28.5 Å². The number of nitrogens with zero attached hydrogens (tertiary/aromatic N) is 2. The van der Waals surface area contributed by atoms with Gasteiger partial charge in [-0.3, -0.25) is 4.79 Å². The maximum absolute atomic E-state index is 11.9. The Kier molecular flexibility index (Phi) is 3.56. The van der Waals surface area contributed by atoms with Crippen LogP contribution >= 0.6 is 11.8 Å². The predicted octanol–water partition coefficient (Wildman–Crippen LogP) is -0.138. The summed E-state index contributed by atoms with van der Waals surface area (Å²) < 4.78 is 5.73. The second-order valence-electron chi connectivity index (χ2n) is 5.18. The number of hydrogen-bond acceptors (Lipinski definition) is 7. The Morgan fingerprint density at radius 2 is 2.24 bits per heavy atom. The number of amidine groups is 1. The van der Waals surface area contributed by atoms with Crippen molar-refractivity contribution in [2.24, 2.45) is 10.7 Å². The van der Waals surface area contributed by atoms with Crippen molar-refractivity contribution in [3.8, 4) is 0 Å². The number of aliphatic hydroxyl groups is 2. The molecule has 3 aliphatic heterocycles. The van der Waals surface area contributed by atoms with Crippen LogP contribution in [0.3, 0.4) is 0 Å². The maximum atomic E-state index is 11.9. The highest BCUT2D eigenvalue weighted by Gasteiger charge is 2.49. The van der Waals surface area contributed by atoms with Crippen molar-refractivity contribution in [2.75, 3.05) is 0 Å². The minimum Gasteiger partial charge on any atom is -0.388 e. The van der Waals surface area contributed by atoms with Gasteiger partial charge in [0, 0.05) is 12.1 Å². The van der Waals surface area contributed by atoms with E-state index in [1.54, 1.807) is 4.90 Å². The van der Waals surface area contributed by atoms with Crippen LogP contribution in [-0.4, -0.2) is 51.4 Å². The molecular weight excluding hydrogens is 294 g/mol. The number of thioether (sulfide) groups is 1. The smallest absolute Gasteiger partial charge is 0.287 e. The highest BCUT2D eigenvalue weighted by molar-refractivity contribution is 8.07. The normalized spacial score (nSPS) is 36.3. The first-order valence-corrected chi connectivity index (χ1v) is 7.53. The molecule has 0 spiro atoms. The average molecular weight is 311 g/mol. The standard InChI is InChI=1S/C13H17N3O4S/c1-3-7-9(17)10(18)13(20-7)16-5(2)21-11-6(16)4-8(14)15-12(11)19/h7,9-10,13,17-18H,2-4H2,1H3,(H2,14,15,19)/t7-,9-,10-,13-/m1/s1. The molecule has 0 bridgehead atoms. The van der Waals surface area contributed by atoms with Crippen LogP contribution in [0.15, 0.2) is 27.2 Å². The van der Waals surface area contributed by atoms with E-state index in [1.165, 1.54) is 11.8 Å². The second kappa shape index (κ2) is 5.13. The molecule has 0 aromatic rings. The van der Waals surface area contributed by atoms with Crippen LogP contribution in [0.4, 0.5) is 0 Å². The zero-order valence-electron chi connectivity index (χ0n) is 11.5. The molecule has 3 rings (SSSR count). The Labute approximate surface area is 126 Å². The molecule has 7 nitrogen and oxygen atoms in total. The summed E-state index contributed by atoms with van der Waals surface area (Å²) in [6.45, 7) is 5.78. The zero-order valence-corrected chi connectivity index (χ0v) is 12.3. The lowest BCUT2D eigenvalue weighted by Crippen LogP contribution is -2.42. The Morgan fingerprint density at radius 3 is 2.86 bits per heavy atom. The molecule has 0 unspecified atom stereocenters. The number of hydrogen-bond donors (Lipinski definition) is 3. The fourth-order valence-corrected chi connectivity index (χ4v) is 3.76. The summed E-state index contributed by atoms with van der Waals surface area (Å²) >= 11 is 1.19. The molecule has 3 heterocycles. The molecule has 0 aliphatic carbocycles. The number of carbonyl (C=O) groups excluding carboxylic acids is 1. The summed E-state index contributed by atoms with van der Waals surface area (Å²) in [6.07, 6.45) is -2.38. The summed E-state index contributed by atoms with van der Waals surface area (Å²) in [6, 6.07) is 0. The monoisotopic (exact) mass is 311 g/mol. The molecule has 0 saturated carbocycles. The number of amides is 1. The number of dihydropyridines is 1. The van der Waals surface area contributed by atoms with E-state index in [9.17, 15) is 15.0 Å². The van der Waals surface area contributed by atoms with Gasteiger partial charge in [-0.05, 0) is 6.42 Å². The summed E-state index contributed by atoms with van der Waals surface area (Å²) in [5, 5.41) is 20.8. The number of aliphatic hydroxyl groups excluding tert-OH is 2. The highest BCUT2D eigenvalue weighted by atomic mass is 32.2.